The van der Waals surface area contributed by atoms with Crippen LogP contribution in [0.5, 0.6) is 0 Å². The molecule has 2 aromatic heterocycles. The summed E-state index contributed by atoms with van der Waals surface area (Å²) in [6.07, 6.45) is 3.15. The molecule has 0 radical (unpaired) electrons. The van der Waals surface area contributed by atoms with Crippen molar-refractivity contribution in [2.24, 2.45) is 17.8 Å². The molecular weight excluding hydrogens is 373 g/mol. The van der Waals surface area contributed by atoms with Crippen molar-refractivity contribution in [3.8, 4) is 0 Å². The monoisotopic (exact) mass is 401 g/mol. The summed E-state index contributed by atoms with van der Waals surface area (Å²) in [6, 6.07) is 3.08. The van der Waals surface area contributed by atoms with Crippen LogP contribution in [0.25, 0.3) is 5.52 Å². The Balaban J connectivity index is 1.40. The zero-order valence-corrected chi connectivity index (χ0v) is 17.6. The van der Waals surface area contributed by atoms with Crippen LogP contribution >= 0.6 is 0 Å². The topological polar surface area (TPSA) is 63.9 Å². The highest BCUT2D eigenvalue weighted by atomic mass is 19.1. The standard InChI is InChI=1S/C22H28FN3O3/c1-21(2,3)29-20(28)25-11-15-16(12-25)18(15)17(27)8-22(4,5)19-24-9-14-7-6-13(23)10-26(14)19/h6-7,9-10,15-16,18H,8,11-12H2,1-5H3/t15-,16+,18?. The largest absolute Gasteiger partial charge is 0.444 e. The van der Waals surface area contributed by atoms with E-state index in [9.17, 15) is 14.0 Å². The summed E-state index contributed by atoms with van der Waals surface area (Å²) >= 11 is 0. The number of piperidine rings is 1. The third-order valence-corrected chi connectivity index (χ3v) is 5.93. The third kappa shape index (κ3) is 3.74. The van der Waals surface area contributed by atoms with Crippen LogP contribution < -0.4 is 0 Å². The summed E-state index contributed by atoms with van der Waals surface area (Å²) in [4.78, 5) is 31.4. The molecule has 156 valence electrons. The van der Waals surface area contributed by atoms with Gasteiger partial charge in [0.15, 0.2) is 0 Å². The molecule has 2 aliphatic rings. The van der Waals surface area contributed by atoms with Gasteiger partial charge >= 0.3 is 6.09 Å². The molecule has 0 bridgehead atoms. The first-order chi connectivity index (χ1) is 13.5. The highest BCUT2D eigenvalue weighted by Crippen LogP contribution is 2.53. The molecule has 0 spiro atoms. The quantitative estimate of drug-likeness (QED) is 0.781. The van der Waals surface area contributed by atoms with E-state index in [-0.39, 0.29) is 35.4 Å². The molecule has 1 amide bonds. The normalized spacial score (nSPS) is 23.9. The van der Waals surface area contributed by atoms with Crippen molar-refractivity contribution in [3.05, 3.63) is 36.2 Å². The van der Waals surface area contributed by atoms with Crippen LogP contribution in [-0.4, -0.2) is 44.9 Å². The molecule has 29 heavy (non-hydrogen) atoms. The molecule has 1 aliphatic heterocycles. The van der Waals surface area contributed by atoms with Crippen molar-refractivity contribution in [2.75, 3.05) is 13.1 Å². The minimum absolute atomic E-state index is 0.00377. The van der Waals surface area contributed by atoms with Crippen molar-refractivity contribution >= 4 is 17.4 Å². The maximum atomic E-state index is 13.7. The number of likely N-dealkylation sites (tertiary alicyclic amines) is 1. The van der Waals surface area contributed by atoms with E-state index in [1.54, 1.807) is 21.6 Å². The smallest absolute Gasteiger partial charge is 0.410 e. The van der Waals surface area contributed by atoms with Crippen LogP contribution in [0.3, 0.4) is 0 Å². The van der Waals surface area contributed by atoms with Gasteiger partial charge in [-0.15, -0.1) is 0 Å². The number of amides is 1. The van der Waals surface area contributed by atoms with Gasteiger partial charge in [0.25, 0.3) is 0 Å². The van der Waals surface area contributed by atoms with Gasteiger partial charge in [0.05, 0.1) is 11.7 Å². The first kappa shape index (κ1) is 19.9. The molecule has 1 saturated carbocycles. The van der Waals surface area contributed by atoms with E-state index in [1.165, 1.54) is 12.3 Å². The van der Waals surface area contributed by atoms with Crippen molar-refractivity contribution in [1.29, 1.82) is 0 Å². The van der Waals surface area contributed by atoms with Crippen LogP contribution in [0.4, 0.5) is 9.18 Å². The Morgan fingerprint density at radius 1 is 1.17 bits per heavy atom. The lowest BCUT2D eigenvalue weighted by atomic mass is 9.84. The number of carbonyl (C=O) groups is 2. The number of rotatable bonds is 4. The first-order valence-electron chi connectivity index (χ1n) is 10.1. The molecule has 2 aromatic rings. The fourth-order valence-electron chi connectivity index (χ4n) is 4.58. The van der Waals surface area contributed by atoms with Crippen LogP contribution in [0, 0.1) is 23.6 Å². The number of nitrogens with zero attached hydrogens (tertiary/aromatic N) is 3. The Morgan fingerprint density at radius 2 is 1.83 bits per heavy atom. The zero-order valence-electron chi connectivity index (χ0n) is 17.6. The average molecular weight is 401 g/mol. The van der Waals surface area contributed by atoms with E-state index >= 15 is 0 Å². The summed E-state index contributed by atoms with van der Waals surface area (Å²) < 4.78 is 20.8. The number of imidazole rings is 1. The number of hydrogen-bond donors (Lipinski definition) is 0. The lowest BCUT2D eigenvalue weighted by Crippen LogP contribution is -2.38. The molecule has 4 rings (SSSR count). The van der Waals surface area contributed by atoms with Crippen molar-refractivity contribution in [2.45, 2.75) is 52.1 Å². The first-order valence-corrected chi connectivity index (χ1v) is 10.1. The summed E-state index contributed by atoms with van der Waals surface area (Å²) in [6.45, 7) is 10.6. The minimum atomic E-state index is -0.518. The number of pyridine rings is 1. The van der Waals surface area contributed by atoms with Crippen LogP contribution in [-0.2, 0) is 14.9 Å². The highest BCUT2D eigenvalue weighted by molar-refractivity contribution is 5.86. The number of halogens is 1. The molecule has 0 aromatic carbocycles. The summed E-state index contributed by atoms with van der Waals surface area (Å²) in [7, 11) is 0. The van der Waals surface area contributed by atoms with Gasteiger partial charge in [-0.3, -0.25) is 4.79 Å². The molecule has 3 heterocycles. The number of fused-ring (bicyclic) bond motifs is 2. The van der Waals surface area contributed by atoms with Crippen LogP contribution in [0.2, 0.25) is 0 Å². The second-order valence-electron chi connectivity index (χ2n) is 9.99. The van der Waals surface area contributed by atoms with Crippen molar-refractivity contribution in [3.63, 3.8) is 0 Å². The van der Waals surface area contributed by atoms with Crippen molar-refractivity contribution < 1.29 is 18.7 Å². The summed E-state index contributed by atoms with van der Waals surface area (Å²) in [5.41, 5.74) is -0.229. The highest BCUT2D eigenvalue weighted by Gasteiger charge is 2.60. The second kappa shape index (κ2) is 6.54. The Kier molecular flexibility index (Phi) is 4.48. The Hall–Kier alpha value is -2.44. The van der Waals surface area contributed by atoms with E-state index in [0.717, 1.165) is 5.52 Å². The van der Waals surface area contributed by atoms with Gasteiger partial charge < -0.3 is 14.0 Å². The molecule has 0 N–H and O–H groups in total. The predicted molar refractivity (Wildman–Crippen MR) is 106 cm³/mol. The molecule has 1 unspecified atom stereocenters. The lowest BCUT2D eigenvalue weighted by Gasteiger charge is -2.26. The zero-order chi connectivity index (χ0) is 21.1. The molecular formula is C22H28FN3O3. The van der Waals surface area contributed by atoms with Crippen LogP contribution in [0.15, 0.2) is 24.5 Å². The predicted octanol–water partition coefficient (Wildman–Crippen LogP) is 3.82. The Bertz CT molecular complexity index is 963. The van der Waals surface area contributed by atoms with Gasteiger partial charge in [0.1, 0.15) is 23.0 Å². The number of ketones is 1. The van der Waals surface area contributed by atoms with Crippen molar-refractivity contribution in [1.82, 2.24) is 14.3 Å². The van der Waals surface area contributed by atoms with E-state index in [2.05, 4.69) is 4.98 Å². The second-order valence-corrected chi connectivity index (χ2v) is 9.99. The maximum Gasteiger partial charge on any atom is 0.410 e. The number of aromatic nitrogens is 2. The van der Waals surface area contributed by atoms with Gasteiger partial charge in [-0.05, 0) is 44.7 Å². The Labute approximate surface area is 170 Å². The number of Topliss-reactive ketones (excluding diaryl/α,β-unsaturated/α-hetero) is 1. The molecule has 6 nitrogen and oxygen atoms in total. The SMILES string of the molecule is CC(C)(C)OC(=O)N1C[C@@H]2C(C(=O)CC(C)(C)c3ncc4ccc(F)cn34)[C@@H]2C1. The van der Waals surface area contributed by atoms with Gasteiger partial charge in [0, 0.05) is 37.0 Å². The molecule has 1 saturated heterocycles. The molecule has 2 fully saturated rings. The van der Waals surface area contributed by atoms with Gasteiger partial charge in [0.2, 0.25) is 0 Å². The van der Waals surface area contributed by atoms with Gasteiger partial charge in [-0.2, -0.15) is 0 Å². The fraction of sp³-hybridized carbons (Fsp3) is 0.591. The van der Waals surface area contributed by atoms with E-state index in [4.69, 9.17) is 4.74 Å². The van der Waals surface area contributed by atoms with Gasteiger partial charge in [-0.1, -0.05) is 13.8 Å². The molecule has 1 aliphatic carbocycles. The maximum absolute atomic E-state index is 13.7. The summed E-state index contributed by atoms with van der Waals surface area (Å²) in [5.74, 6) is 0.984. The van der Waals surface area contributed by atoms with Gasteiger partial charge in [-0.25, -0.2) is 14.2 Å². The van der Waals surface area contributed by atoms with E-state index < -0.39 is 11.0 Å². The number of ether oxygens (including phenoxy) is 1. The Morgan fingerprint density at radius 3 is 2.45 bits per heavy atom. The van der Waals surface area contributed by atoms with Crippen LogP contribution in [0.1, 0.15) is 46.9 Å². The fourth-order valence-corrected chi connectivity index (χ4v) is 4.58. The lowest BCUT2D eigenvalue weighted by molar-refractivity contribution is -0.122. The molecule has 7 heteroatoms. The summed E-state index contributed by atoms with van der Waals surface area (Å²) in [5, 5.41) is 0. The van der Waals surface area contributed by atoms with E-state index in [1.807, 2.05) is 34.6 Å². The third-order valence-electron chi connectivity index (χ3n) is 5.93. The van der Waals surface area contributed by atoms with E-state index in [0.29, 0.717) is 25.3 Å². The number of carbonyl (C=O) groups excluding carboxylic acids is 2. The minimum Gasteiger partial charge on any atom is -0.444 e. The average Bonchev–Trinajstić information content (AvgIpc) is 2.93. The number of hydrogen-bond acceptors (Lipinski definition) is 4. The molecule has 3 atom stereocenters.